The minimum atomic E-state index is -0.416. The Hall–Kier alpha value is -1.06. The number of hydrogen-bond acceptors (Lipinski definition) is 2. The Labute approximate surface area is 148 Å². The molecule has 2 unspecified atom stereocenters. The van der Waals surface area contributed by atoms with Gasteiger partial charge in [-0.25, -0.2) is 0 Å². The summed E-state index contributed by atoms with van der Waals surface area (Å²) in [6.45, 7) is 9.85. The van der Waals surface area contributed by atoms with Crippen LogP contribution in [-0.2, 0) is 5.41 Å². The summed E-state index contributed by atoms with van der Waals surface area (Å²) in [5, 5.41) is 10.4. The molecule has 2 N–H and O–H groups in total. The van der Waals surface area contributed by atoms with Gasteiger partial charge in [-0.1, -0.05) is 44.9 Å². The number of quaternary nitrogens is 1. The highest BCUT2D eigenvalue weighted by Gasteiger charge is 2.24. The molecule has 1 fully saturated rings. The highest BCUT2D eigenvalue weighted by molar-refractivity contribution is 5.41. The standard InChI is InChI=1S/C21H35NO2/c1-16-11-12-20(19(13-16)21(2,3)4)24-15-18(23)14-22(5)17-9-7-6-8-10-17/h11-13,17-18,23H,6-10,14-15H2,1-5H3/p+1. The fraction of sp³-hybridized carbons (Fsp3) is 0.714. The quantitative estimate of drug-likeness (QED) is 0.839. The molecule has 136 valence electrons. The van der Waals surface area contributed by atoms with Crippen LogP contribution in [0.25, 0.3) is 0 Å². The van der Waals surface area contributed by atoms with Crippen LogP contribution in [0.3, 0.4) is 0 Å². The predicted molar refractivity (Wildman–Crippen MR) is 100 cm³/mol. The number of aliphatic hydroxyl groups excluding tert-OH is 1. The zero-order valence-corrected chi connectivity index (χ0v) is 16.2. The van der Waals surface area contributed by atoms with Crippen molar-refractivity contribution in [2.24, 2.45) is 0 Å². The summed E-state index contributed by atoms with van der Waals surface area (Å²) in [5.74, 6) is 0.905. The van der Waals surface area contributed by atoms with Gasteiger partial charge in [-0.05, 0) is 49.7 Å². The highest BCUT2D eigenvalue weighted by atomic mass is 16.5. The van der Waals surface area contributed by atoms with Gasteiger partial charge in [0.1, 0.15) is 25.0 Å². The lowest BCUT2D eigenvalue weighted by Crippen LogP contribution is -3.14. The SMILES string of the molecule is Cc1ccc(OCC(O)C[NH+](C)C2CCCCC2)c(C(C)(C)C)c1. The van der Waals surface area contributed by atoms with E-state index in [0.29, 0.717) is 12.6 Å². The van der Waals surface area contributed by atoms with Crippen LogP contribution in [0.15, 0.2) is 18.2 Å². The van der Waals surface area contributed by atoms with Crippen LogP contribution in [0.2, 0.25) is 0 Å². The smallest absolute Gasteiger partial charge is 0.137 e. The van der Waals surface area contributed by atoms with Crippen LogP contribution in [0.4, 0.5) is 0 Å². The van der Waals surface area contributed by atoms with Gasteiger partial charge >= 0.3 is 0 Å². The van der Waals surface area contributed by atoms with E-state index in [9.17, 15) is 5.11 Å². The summed E-state index contributed by atoms with van der Waals surface area (Å²) < 4.78 is 6.01. The molecule has 24 heavy (non-hydrogen) atoms. The highest BCUT2D eigenvalue weighted by Crippen LogP contribution is 2.32. The first-order chi connectivity index (χ1) is 11.3. The molecule has 1 saturated carbocycles. The second kappa shape index (κ2) is 8.35. The minimum Gasteiger partial charge on any atom is -0.490 e. The maximum Gasteiger partial charge on any atom is 0.137 e. The Bertz CT molecular complexity index is 515. The molecule has 1 aromatic rings. The first-order valence-electron chi connectivity index (χ1n) is 9.51. The lowest BCUT2D eigenvalue weighted by molar-refractivity contribution is -0.910. The maximum atomic E-state index is 10.4. The van der Waals surface area contributed by atoms with Gasteiger partial charge in [0.25, 0.3) is 0 Å². The number of likely N-dealkylation sites (N-methyl/N-ethyl adjacent to an activating group) is 1. The molecule has 2 atom stereocenters. The number of nitrogens with one attached hydrogen (secondary N) is 1. The molecule has 0 radical (unpaired) electrons. The van der Waals surface area contributed by atoms with E-state index in [1.165, 1.54) is 48.1 Å². The molecule has 0 saturated heterocycles. The van der Waals surface area contributed by atoms with Crippen molar-refractivity contribution >= 4 is 0 Å². The molecule has 1 aliphatic carbocycles. The van der Waals surface area contributed by atoms with E-state index >= 15 is 0 Å². The van der Waals surface area contributed by atoms with Crippen molar-refractivity contribution in [3.8, 4) is 5.75 Å². The third kappa shape index (κ3) is 5.49. The summed E-state index contributed by atoms with van der Waals surface area (Å²) in [5.41, 5.74) is 2.49. The van der Waals surface area contributed by atoms with Crippen molar-refractivity contribution in [2.45, 2.75) is 77.4 Å². The van der Waals surface area contributed by atoms with E-state index in [0.717, 1.165) is 12.3 Å². The second-order valence-corrected chi connectivity index (χ2v) is 8.60. The fourth-order valence-electron chi connectivity index (χ4n) is 3.73. The van der Waals surface area contributed by atoms with Gasteiger partial charge in [-0.15, -0.1) is 0 Å². The van der Waals surface area contributed by atoms with Crippen LogP contribution < -0.4 is 9.64 Å². The summed E-state index contributed by atoms with van der Waals surface area (Å²) in [6.07, 6.45) is 6.23. The molecule has 0 spiro atoms. The molecule has 1 aliphatic rings. The van der Waals surface area contributed by atoms with Crippen LogP contribution in [0.1, 0.15) is 64.0 Å². The summed E-state index contributed by atoms with van der Waals surface area (Å²) in [4.78, 5) is 1.45. The van der Waals surface area contributed by atoms with Gasteiger partial charge in [0.05, 0.1) is 13.1 Å². The van der Waals surface area contributed by atoms with Gasteiger partial charge < -0.3 is 14.7 Å². The van der Waals surface area contributed by atoms with Crippen LogP contribution in [0.5, 0.6) is 5.75 Å². The second-order valence-electron chi connectivity index (χ2n) is 8.60. The van der Waals surface area contributed by atoms with Gasteiger partial charge in [0.15, 0.2) is 0 Å². The maximum absolute atomic E-state index is 10.4. The van der Waals surface area contributed by atoms with Crippen molar-refractivity contribution in [3.63, 3.8) is 0 Å². The molecule has 0 heterocycles. The molecule has 0 amide bonds. The van der Waals surface area contributed by atoms with E-state index < -0.39 is 6.10 Å². The zero-order chi connectivity index (χ0) is 17.7. The predicted octanol–water partition coefficient (Wildman–Crippen LogP) is 2.88. The first-order valence-corrected chi connectivity index (χ1v) is 9.51. The van der Waals surface area contributed by atoms with Crippen LogP contribution >= 0.6 is 0 Å². The third-order valence-electron chi connectivity index (χ3n) is 5.23. The van der Waals surface area contributed by atoms with E-state index in [4.69, 9.17) is 4.74 Å². The Morgan fingerprint density at radius 2 is 1.88 bits per heavy atom. The Kier molecular flexibility index (Phi) is 6.70. The molecule has 3 nitrogen and oxygen atoms in total. The van der Waals surface area contributed by atoms with Gasteiger partial charge in [-0.3, -0.25) is 0 Å². The van der Waals surface area contributed by atoms with Crippen molar-refractivity contribution < 1.29 is 14.7 Å². The average Bonchev–Trinajstić information content (AvgIpc) is 2.53. The topological polar surface area (TPSA) is 33.9 Å². The summed E-state index contributed by atoms with van der Waals surface area (Å²) in [6, 6.07) is 7.02. The molecule has 0 bridgehead atoms. The largest absolute Gasteiger partial charge is 0.490 e. The monoisotopic (exact) mass is 334 g/mol. The first kappa shape index (κ1) is 19.3. The molecular formula is C21H36NO2+. The Balaban J connectivity index is 1.90. The number of benzene rings is 1. The summed E-state index contributed by atoms with van der Waals surface area (Å²) >= 11 is 0. The molecule has 1 aromatic carbocycles. The van der Waals surface area contributed by atoms with E-state index in [-0.39, 0.29) is 5.41 Å². The van der Waals surface area contributed by atoms with E-state index in [1.807, 2.05) is 6.07 Å². The molecule has 2 rings (SSSR count). The molecule has 3 heteroatoms. The lowest BCUT2D eigenvalue weighted by atomic mass is 9.85. The van der Waals surface area contributed by atoms with E-state index in [2.05, 4.69) is 46.9 Å². The normalized spacial score (nSPS) is 19.1. The van der Waals surface area contributed by atoms with Crippen molar-refractivity contribution in [3.05, 3.63) is 29.3 Å². The minimum absolute atomic E-state index is 0.0381. The average molecular weight is 335 g/mol. The van der Waals surface area contributed by atoms with Crippen LogP contribution in [0, 0.1) is 6.92 Å². The number of aliphatic hydroxyl groups is 1. The van der Waals surface area contributed by atoms with E-state index in [1.54, 1.807) is 0 Å². The fourth-order valence-corrected chi connectivity index (χ4v) is 3.73. The van der Waals surface area contributed by atoms with Crippen molar-refractivity contribution in [1.82, 2.24) is 0 Å². The van der Waals surface area contributed by atoms with Crippen LogP contribution in [-0.4, -0.2) is 37.5 Å². The van der Waals surface area contributed by atoms with Crippen molar-refractivity contribution in [1.29, 1.82) is 0 Å². The number of rotatable bonds is 6. The number of ether oxygens (including phenoxy) is 1. The Morgan fingerprint density at radius 1 is 1.21 bits per heavy atom. The molecule has 0 aliphatic heterocycles. The molecule has 0 aromatic heterocycles. The lowest BCUT2D eigenvalue weighted by Gasteiger charge is -2.30. The number of hydrogen-bond donors (Lipinski definition) is 2. The third-order valence-corrected chi connectivity index (χ3v) is 5.23. The van der Waals surface area contributed by atoms with Gasteiger partial charge in [-0.2, -0.15) is 0 Å². The zero-order valence-electron chi connectivity index (χ0n) is 16.2. The van der Waals surface area contributed by atoms with Crippen molar-refractivity contribution in [2.75, 3.05) is 20.2 Å². The Morgan fingerprint density at radius 3 is 2.50 bits per heavy atom. The molecular weight excluding hydrogens is 298 g/mol. The van der Waals surface area contributed by atoms with Gasteiger partial charge in [0.2, 0.25) is 0 Å². The van der Waals surface area contributed by atoms with Gasteiger partial charge in [0, 0.05) is 0 Å². The number of aryl methyl sites for hydroxylation is 1. The summed E-state index contributed by atoms with van der Waals surface area (Å²) in [7, 11) is 2.21.